The van der Waals surface area contributed by atoms with Crippen molar-refractivity contribution in [1.29, 1.82) is 5.26 Å². The minimum absolute atomic E-state index is 0.138. The molecule has 4 aromatic carbocycles. The third-order valence-electron chi connectivity index (χ3n) is 6.00. The molecule has 4 aromatic rings. The van der Waals surface area contributed by atoms with Gasteiger partial charge in [0, 0.05) is 6.54 Å². The lowest BCUT2D eigenvalue weighted by Gasteiger charge is -2.20. The Bertz CT molecular complexity index is 1360. The lowest BCUT2D eigenvalue weighted by Crippen LogP contribution is -2.22. The smallest absolute Gasteiger partial charge is 0.162 e. The van der Waals surface area contributed by atoms with Crippen molar-refractivity contribution in [2.45, 2.75) is 30.8 Å². The van der Waals surface area contributed by atoms with Crippen molar-refractivity contribution in [1.82, 2.24) is 4.72 Å². The predicted molar refractivity (Wildman–Crippen MR) is 159 cm³/mol. The van der Waals surface area contributed by atoms with Crippen molar-refractivity contribution in [3.05, 3.63) is 125 Å². The molecule has 0 spiro atoms. The summed E-state index contributed by atoms with van der Waals surface area (Å²) in [6.07, 6.45) is -0.264. The van der Waals surface area contributed by atoms with Gasteiger partial charge < -0.3 is 9.47 Å². The van der Waals surface area contributed by atoms with E-state index < -0.39 is 11.0 Å². The average molecular weight is 561 g/mol. The van der Waals surface area contributed by atoms with Gasteiger partial charge in [0.05, 0.1) is 29.5 Å². The lowest BCUT2D eigenvalue weighted by molar-refractivity contribution is 0.219. The second-order valence-electron chi connectivity index (χ2n) is 8.89. The van der Waals surface area contributed by atoms with E-state index in [0.717, 1.165) is 21.6 Å². The molecule has 0 heterocycles. The van der Waals surface area contributed by atoms with Crippen molar-refractivity contribution in [3.63, 3.8) is 0 Å². The monoisotopic (exact) mass is 560 g/mol. The van der Waals surface area contributed by atoms with E-state index in [0.29, 0.717) is 23.9 Å². The SMILES string of the molecule is COc1cc(C(C)CNS(=O)c2ccccc2)ccc1O[C@@H](CCl)c1ccccc1.Cc1ccc(C#N)cc1. The number of nitriles is 1. The van der Waals surface area contributed by atoms with E-state index in [1.807, 2.05) is 110 Å². The zero-order valence-electron chi connectivity index (χ0n) is 22.3. The molecule has 0 radical (unpaired) electrons. The molecular weight excluding hydrogens is 528 g/mol. The molecule has 0 saturated carbocycles. The lowest BCUT2D eigenvalue weighted by atomic mass is 10.0. The van der Waals surface area contributed by atoms with Crippen molar-refractivity contribution in [3.8, 4) is 17.6 Å². The minimum Gasteiger partial charge on any atom is -0.493 e. The van der Waals surface area contributed by atoms with Crippen LogP contribution in [0.4, 0.5) is 0 Å². The topological polar surface area (TPSA) is 71.3 Å². The number of hydrogen-bond donors (Lipinski definition) is 1. The average Bonchev–Trinajstić information content (AvgIpc) is 3.00. The van der Waals surface area contributed by atoms with Gasteiger partial charge in [0.15, 0.2) is 11.5 Å². The quantitative estimate of drug-likeness (QED) is 0.206. The molecule has 3 atom stereocenters. The molecule has 0 aliphatic rings. The van der Waals surface area contributed by atoms with Gasteiger partial charge in [-0.05, 0) is 60.4 Å². The highest BCUT2D eigenvalue weighted by atomic mass is 35.5. The molecule has 0 saturated heterocycles. The van der Waals surface area contributed by atoms with Crippen LogP contribution in [0.5, 0.6) is 11.5 Å². The fraction of sp³-hybridized carbons (Fsp3) is 0.219. The molecule has 2 unspecified atom stereocenters. The van der Waals surface area contributed by atoms with E-state index in [2.05, 4.69) is 17.7 Å². The van der Waals surface area contributed by atoms with Gasteiger partial charge in [0.1, 0.15) is 17.1 Å². The van der Waals surface area contributed by atoms with Crippen molar-refractivity contribution in [2.24, 2.45) is 0 Å². The number of hydrogen-bond acceptors (Lipinski definition) is 4. The molecule has 0 aliphatic carbocycles. The van der Waals surface area contributed by atoms with Crippen LogP contribution in [0, 0.1) is 18.3 Å². The third kappa shape index (κ3) is 9.26. The number of alkyl halides is 1. The maximum absolute atomic E-state index is 12.4. The number of nitrogens with one attached hydrogen (secondary N) is 1. The zero-order valence-corrected chi connectivity index (χ0v) is 23.9. The van der Waals surface area contributed by atoms with Crippen LogP contribution in [-0.2, 0) is 11.0 Å². The van der Waals surface area contributed by atoms with Gasteiger partial charge >= 0.3 is 0 Å². The Kier molecular flexibility index (Phi) is 12.0. The normalized spacial score (nSPS) is 12.7. The Hall–Kier alpha value is -3.63. The van der Waals surface area contributed by atoms with Crippen LogP contribution in [0.3, 0.4) is 0 Å². The first kappa shape index (κ1) is 29.9. The fourth-order valence-corrected chi connectivity index (χ4v) is 4.89. The number of methoxy groups -OCH3 is 1. The van der Waals surface area contributed by atoms with Crippen molar-refractivity contribution < 1.29 is 13.7 Å². The maximum atomic E-state index is 12.4. The van der Waals surface area contributed by atoms with Crippen LogP contribution in [0.25, 0.3) is 0 Å². The maximum Gasteiger partial charge on any atom is 0.162 e. The van der Waals surface area contributed by atoms with Crippen LogP contribution in [0.15, 0.2) is 108 Å². The first-order valence-corrected chi connectivity index (χ1v) is 14.3. The third-order valence-corrected chi connectivity index (χ3v) is 7.41. The van der Waals surface area contributed by atoms with Gasteiger partial charge in [-0.2, -0.15) is 5.26 Å². The second-order valence-corrected chi connectivity index (χ2v) is 10.5. The van der Waals surface area contributed by atoms with Crippen LogP contribution in [0.1, 0.15) is 41.2 Å². The summed E-state index contributed by atoms with van der Waals surface area (Å²) in [4.78, 5) is 0.763. The summed E-state index contributed by atoms with van der Waals surface area (Å²) in [6, 6.07) is 34.7. The largest absolute Gasteiger partial charge is 0.493 e. The molecule has 7 heteroatoms. The molecule has 0 amide bonds. The number of benzene rings is 4. The summed E-state index contributed by atoms with van der Waals surface area (Å²) in [6.45, 7) is 4.65. The fourth-order valence-electron chi connectivity index (χ4n) is 3.67. The molecule has 4 rings (SSSR count). The predicted octanol–water partition coefficient (Wildman–Crippen LogP) is 7.34. The van der Waals surface area contributed by atoms with E-state index in [1.54, 1.807) is 7.11 Å². The van der Waals surface area contributed by atoms with Crippen molar-refractivity contribution >= 4 is 22.6 Å². The standard InChI is InChI=1S/C24H26ClNO3S.C8H7N/c1-18(17-26-30(27)21-11-7-4-8-12-21)20-13-14-22(23(15-20)28-2)29-24(16-25)19-9-5-3-6-10-19;1-7-2-4-8(6-9)5-3-7/h3-15,18,24,26H,16-17H2,1-2H3;2-5H,1H3/t18?,24-,30?;/m0./s1. The van der Waals surface area contributed by atoms with E-state index in [4.69, 9.17) is 26.3 Å². The summed E-state index contributed by atoms with van der Waals surface area (Å²) < 4.78 is 27.2. The van der Waals surface area contributed by atoms with Crippen LogP contribution < -0.4 is 14.2 Å². The van der Waals surface area contributed by atoms with Crippen LogP contribution in [0.2, 0.25) is 0 Å². The Morgan fingerprint density at radius 2 is 1.54 bits per heavy atom. The van der Waals surface area contributed by atoms with Gasteiger partial charge in [-0.1, -0.05) is 79.2 Å². The highest BCUT2D eigenvalue weighted by Gasteiger charge is 2.17. The molecule has 1 N–H and O–H groups in total. The first-order chi connectivity index (χ1) is 18.9. The van der Waals surface area contributed by atoms with Crippen molar-refractivity contribution in [2.75, 3.05) is 19.5 Å². The van der Waals surface area contributed by atoms with Gasteiger partial charge in [-0.3, -0.25) is 0 Å². The summed E-state index contributed by atoms with van der Waals surface area (Å²) in [5.74, 6) is 1.76. The number of halogens is 1. The van der Waals surface area contributed by atoms with E-state index in [1.165, 1.54) is 5.56 Å². The zero-order chi connectivity index (χ0) is 28.0. The number of nitrogens with zero attached hydrogens (tertiary/aromatic N) is 1. The first-order valence-electron chi connectivity index (χ1n) is 12.6. The highest BCUT2D eigenvalue weighted by molar-refractivity contribution is 7.83. The molecule has 202 valence electrons. The Balaban J connectivity index is 0.000000395. The Morgan fingerprint density at radius 3 is 2.13 bits per heavy atom. The summed E-state index contributed by atoms with van der Waals surface area (Å²) in [7, 11) is 0.382. The highest BCUT2D eigenvalue weighted by Crippen LogP contribution is 2.34. The Morgan fingerprint density at radius 1 is 0.897 bits per heavy atom. The number of ether oxygens (including phenoxy) is 2. The van der Waals surface area contributed by atoms with Gasteiger partial charge in [-0.15, -0.1) is 11.6 Å². The Labute approximate surface area is 239 Å². The van der Waals surface area contributed by atoms with Gasteiger partial charge in [0.25, 0.3) is 0 Å². The van der Waals surface area contributed by atoms with Gasteiger partial charge in [0.2, 0.25) is 0 Å². The molecule has 0 bridgehead atoms. The second kappa shape index (κ2) is 15.7. The molecule has 0 aromatic heterocycles. The number of aryl methyl sites for hydroxylation is 1. The van der Waals surface area contributed by atoms with E-state index >= 15 is 0 Å². The molecule has 0 fully saturated rings. The summed E-state index contributed by atoms with van der Waals surface area (Å²) >= 11 is 6.15. The number of rotatable bonds is 10. The molecular formula is C32H33ClN2O3S. The van der Waals surface area contributed by atoms with Crippen LogP contribution >= 0.6 is 11.6 Å². The minimum atomic E-state index is -1.24. The van der Waals surface area contributed by atoms with Crippen LogP contribution in [-0.4, -0.2) is 23.7 Å². The molecule has 0 aliphatic heterocycles. The summed E-state index contributed by atoms with van der Waals surface area (Å²) in [5, 5.41) is 8.38. The summed E-state index contributed by atoms with van der Waals surface area (Å²) in [5.41, 5.74) is 3.99. The molecule has 39 heavy (non-hydrogen) atoms. The van der Waals surface area contributed by atoms with E-state index in [-0.39, 0.29) is 12.0 Å². The van der Waals surface area contributed by atoms with E-state index in [9.17, 15) is 4.21 Å². The molecule has 5 nitrogen and oxygen atoms in total. The van der Waals surface area contributed by atoms with Gasteiger partial charge in [-0.25, -0.2) is 8.93 Å².